The molecule has 0 bridgehead atoms. The molecule has 0 N–H and O–H groups in total. The first-order valence-corrected chi connectivity index (χ1v) is 12.9. The third-order valence-corrected chi connectivity index (χ3v) is 7.76. The fourth-order valence-corrected chi connectivity index (χ4v) is 5.31. The first-order chi connectivity index (χ1) is 17.7. The van der Waals surface area contributed by atoms with Crippen LogP contribution in [0.15, 0.2) is 54.6 Å². The first kappa shape index (κ1) is 27.4. The van der Waals surface area contributed by atoms with Crippen LogP contribution < -0.4 is 14.2 Å². The van der Waals surface area contributed by atoms with Gasteiger partial charge in [0, 0.05) is 42.2 Å². The second-order valence-electron chi connectivity index (χ2n) is 9.01. The summed E-state index contributed by atoms with van der Waals surface area (Å²) in [4.78, 5) is 17.8. The van der Waals surface area contributed by atoms with E-state index in [0.717, 1.165) is 11.1 Å². The number of amides is 1. The highest BCUT2D eigenvalue weighted by Crippen LogP contribution is 2.40. The molecule has 0 radical (unpaired) electrons. The molecule has 3 aromatic carbocycles. The van der Waals surface area contributed by atoms with Crippen LogP contribution in [-0.4, -0.2) is 63.2 Å². The summed E-state index contributed by atoms with van der Waals surface area (Å²) >= 11 is 18.5. The van der Waals surface area contributed by atoms with E-state index in [9.17, 15) is 4.79 Å². The molecule has 0 saturated carbocycles. The lowest BCUT2D eigenvalue weighted by Gasteiger charge is -2.29. The van der Waals surface area contributed by atoms with Crippen LogP contribution >= 0.6 is 34.8 Å². The lowest BCUT2D eigenvalue weighted by Crippen LogP contribution is -2.38. The van der Waals surface area contributed by atoms with Gasteiger partial charge in [0.1, 0.15) is 0 Å². The minimum absolute atomic E-state index is 0.0571. The fourth-order valence-electron chi connectivity index (χ4n) is 4.87. The van der Waals surface area contributed by atoms with Crippen LogP contribution in [0, 0.1) is 0 Å². The van der Waals surface area contributed by atoms with Gasteiger partial charge in [0.05, 0.1) is 31.4 Å². The number of carbonyl (C=O) groups is 1. The van der Waals surface area contributed by atoms with Crippen LogP contribution in [0.5, 0.6) is 17.2 Å². The predicted octanol–water partition coefficient (Wildman–Crippen LogP) is 6.41. The normalized spacial score (nSPS) is 17.2. The molecule has 0 aromatic heterocycles. The number of likely N-dealkylation sites (N-methyl/N-ethyl adjacent to an activating group) is 1. The molecular weight excluding hydrogens is 535 g/mol. The summed E-state index contributed by atoms with van der Waals surface area (Å²) in [6.07, 6.45) is 0. The smallest absolute Gasteiger partial charge is 0.254 e. The van der Waals surface area contributed by atoms with E-state index >= 15 is 0 Å². The van der Waals surface area contributed by atoms with Gasteiger partial charge in [-0.15, -0.1) is 0 Å². The van der Waals surface area contributed by atoms with Crippen molar-refractivity contribution < 1.29 is 19.0 Å². The number of hydrogen-bond donors (Lipinski definition) is 0. The van der Waals surface area contributed by atoms with Gasteiger partial charge in [0.15, 0.2) is 11.5 Å². The van der Waals surface area contributed by atoms with Crippen molar-refractivity contribution in [3.63, 3.8) is 0 Å². The van der Waals surface area contributed by atoms with Gasteiger partial charge in [-0.3, -0.25) is 9.69 Å². The highest BCUT2D eigenvalue weighted by atomic mass is 35.5. The summed E-state index contributed by atoms with van der Waals surface area (Å²) in [6.45, 7) is 1.74. The van der Waals surface area contributed by atoms with E-state index in [0.29, 0.717) is 57.5 Å². The van der Waals surface area contributed by atoms with Crippen molar-refractivity contribution in [2.24, 2.45) is 0 Å². The van der Waals surface area contributed by atoms with E-state index in [1.807, 2.05) is 41.3 Å². The first-order valence-electron chi connectivity index (χ1n) is 11.7. The SMILES string of the molecule is COc1cc(C(=O)N2C[C@H](c3ccc(Cl)cc3)[C@H](N(C)Cc3ccc(Cl)c(Cl)c3)C2)cc(OC)c1OC. The van der Waals surface area contributed by atoms with Crippen molar-refractivity contribution in [1.29, 1.82) is 0 Å². The van der Waals surface area contributed by atoms with E-state index in [1.54, 1.807) is 18.2 Å². The molecule has 1 aliphatic rings. The number of likely N-dealkylation sites (tertiary alicyclic amines) is 1. The minimum atomic E-state index is -0.108. The van der Waals surface area contributed by atoms with Crippen molar-refractivity contribution in [3.8, 4) is 17.2 Å². The summed E-state index contributed by atoms with van der Waals surface area (Å²) in [5.41, 5.74) is 2.63. The van der Waals surface area contributed by atoms with Crippen molar-refractivity contribution >= 4 is 40.7 Å². The highest BCUT2D eigenvalue weighted by molar-refractivity contribution is 6.42. The molecule has 1 heterocycles. The Bertz CT molecular complexity index is 1240. The molecule has 4 rings (SSSR count). The molecule has 0 spiro atoms. The second kappa shape index (κ2) is 11.8. The topological polar surface area (TPSA) is 51.2 Å². The zero-order valence-corrected chi connectivity index (χ0v) is 23.4. The highest BCUT2D eigenvalue weighted by Gasteiger charge is 2.39. The maximum atomic E-state index is 13.7. The Morgan fingerprint density at radius 1 is 0.892 bits per heavy atom. The van der Waals surface area contributed by atoms with E-state index < -0.39 is 0 Å². The quantitative estimate of drug-likeness (QED) is 0.317. The minimum Gasteiger partial charge on any atom is -0.493 e. The summed E-state index contributed by atoms with van der Waals surface area (Å²) < 4.78 is 16.3. The summed E-state index contributed by atoms with van der Waals surface area (Å²) in [5, 5.41) is 1.72. The number of hydrogen-bond acceptors (Lipinski definition) is 5. The van der Waals surface area contributed by atoms with Crippen LogP contribution in [0.3, 0.4) is 0 Å². The Morgan fingerprint density at radius 3 is 2.11 bits per heavy atom. The summed E-state index contributed by atoms with van der Waals surface area (Å²) in [7, 11) is 6.66. The van der Waals surface area contributed by atoms with Gasteiger partial charge in [-0.25, -0.2) is 0 Å². The molecule has 0 aliphatic carbocycles. The van der Waals surface area contributed by atoms with Gasteiger partial charge in [-0.2, -0.15) is 0 Å². The van der Waals surface area contributed by atoms with E-state index in [4.69, 9.17) is 49.0 Å². The third-order valence-electron chi connectivity index (χ3n) is 6.77. The molecule has 6 nitrogen and oxygen atoms in total. The predicted molar refractivity (Wildman–Crippen MR) is 148 cm³/mol. The van der Waals surface area contributed by atoms with Gasteiger partial charge >= 0.3 is 0 Å². The van der Waals surface area contributed by atoms with Gasteiger partial charge < -0.3 is 19.1 Å². The maximum absolute atomic E-state index is 13.7. The average Bonchev–Trinajstić information content (AvgIpc) is 3.35. The molecule has 1 fully saturated rings. The Morgan fingerprint density at radius 2 is 1.54 bits per heavy atom. The molecule has 1 amide bonds. The zero-order chi connectivity index (χ0) is 26.7. The number of rotatable bonds is 8. The number of benzene rings is 3. The van der Waals surface area contributed by atoms with Gasteiger partial charge in [0.2, 0.25) is 5.75 Å². The Labute approximate surface area is 232 Å². The standard InChI is InChI=1S/C28H29Cl3N2O4/c1-32(14-17-5-10-22(30)23(31)11-17)24-16-33(15-21(24)18-6-8-20(29)9-7-18)28(34)19-12-25(35-2)27(37-4)26(13-19)36-3/h5-13,21,24H,14-16H2,1-4H3/t21-,24-/m1/s1. The lowest BCUT2D eigenvalue weighted by molar-refractivity contribution is 0.0778. The number of methoxy groups -OCH3 is 3. The number of carbonyl (C=O) groups excluding carboxylic acids is 1. The van der Waals surface area contributed by atoms with Gasteiger partial charge in [-0.1, -0.05) is 53.0 Å². The Hall–Kier alpha value is -2.64. The second-order valence-corrected chi connectivity index (χ2v) is 10.3. The molecular formula is C28H29Cl3N2O4. The number of nitrogens with zero attached hydrogens (tertiary/aromatic N) is 2. The van der Waals surface area contributed by atoms with Crippen LogP contribution in [0.1, 0.15) is 27.4 Å². The van der Waals surface area contributed by atoms with Crippen molar-refractivity contribution in [2.45, 2.75) is 18.5 Å². The molecule has 1 aliphatic heterocycles. The molecule has 1 saturated heterocycles. The molecule has 3 aromatic rings. The van der Waals surface area contributed by atoms with Crippen molar-refractivity contribution in [1.82, 2.24) is 9.80 Å². The molecule has 2 atom stereocenters. The third kappa shape index (κ3) is 5.93. The summed E-state index contributed by atoms with van der Waals surface area (Å²) in [5.74, 6) is 1.29. The van der Waals surface area contributed by atoms with Crippen LogP contribution in [0.4, 0.5) is 0 Å². The van der Waals surface area contributed by atoms with Gasteiger partial charge in [0.25, 0.3) is 5.91 Å². The fraction of sp³-hybridized carbons (Fsp3) is 0.321. The number of ether oxygens (including phenoxy) is 3. The van der Waals surface area contributed by atoms with Crippen LogP contribution in [-0.2, 0) is 6.54 Å². The van der Waals surface area contributed by atoms with E-state index in [-0.39, 0.29) is 17.9 Å². The monoisotopic (exact) mass is 562 g/mol. The van der Waals surface area contributed by atoms with Crippen molar-refractivity contribution in [3.05, 3.63) is 86.4 Å². The molecule has 196 valence electrons. The Balaban J connectivity index is 1.64. The largest absolute Gasteiger partial charge is 0.493 e. The zero-order valence-electron chi connectivity index (χ0n) is 21.1. The lowest BCUT2D eigenvalue weighted by atomic mass is 9.93. The average molecular weight is 564 g/mol. The molecule has 9 heteroatoms. The van der Waals surface area contributed by atoms with E-state index in [2.05, 4.69) is 11.9 Å². The number of halogens is 3. The van der Waals surface area contributed by atoms with E-state index in [1.165, 1.54) is 21.3 Å². The molecule has 37 heavy (non-hydrogen) atoms. The van der Waals surface area contributed by atoms with Gasteiger partial charge in [-0.05, 0) is 54.6 Å². The summed E-state index contributed by atoms with van der Waals surface area (Å²) in [6, 6.07) is 16.9. The van der Waals surface area contributed by atoms with Crippen LogP contribution in [0.25, 0.3) is 0 Å². The van der Waals surface area contributed by atoms with Crippen molar-refractivity contribution in [2.75, 3.05) is 41.5 Å². The maximum Gasteiger partial charge on any atom is 0.254 e. The molecule has 0 unspecified atom stereocenters. The van der Waals surface area contributed by atoms with Crippen LogP contribution in [0.2, 0.25) is 15.1 Å². The Kier molecular flexibility index (Phi) is 8.75.